The third kappa shape index (κ3) is 4.10. The Morgan fingerprint density at radius 3 is 2.48 bits per heavy atom. The lowest BCUT2D eigenvalue weighted by molar-refractivity contribution is -0.127. The van der Waals surface area contributed by atoms with Crippen molar-refractivity contribution in [3.63, 3.8) is 0 Å². The molecule has 1 aliphatic heterocycles. The van der Waals surface area contributed by atoms with E-state index in [1.807, 2.05) is 19.1 Å². The first-order valence-corrected chi connectivity index (χ1v) is 9.88. The summed E-state index contributed by atoms with van der Waals surface area (Å²) in [6.45, 7) is 2.76. The molecule has 1 saturated heterocycles. The van der Waals surface area contributed by atoms with Crippen molar-refractivity contribution in [1.82, 2.24) is 9.21 Å². The smallest absolute Gasteiger partial charge is 0.246 e. The van der Waals surface area contributed by atoms with E-state index in [2.05, 4.69) is 0 Å². The first-order chi connectivity index (χ1) is 12.9. The Balaban J connectivity index is 1.65. The van der Waals surface area contributed by atoms with Crippen molar-refractivity contribution < 1.29 is 17.6 Å². The Kier molecular flexibility index (Phi) is 5.44. The monoisotopic (exact) mass is 385 g/mol. The molecule has 0 unspecified atom stereocenters. The van der Waals surface area contributed by atoms with Crippen molar-refractivity contribution in [3.05, 3.63) is 59.6 Å². The number of hydrogen-bond donors (Lipinski definition) is 0. The van der Waals surface area contributed by atoms with Gasteiger partial charge in [-0.15, -0.1) is 0 Å². The number of nitriles is 1. The van der Waals surface area contributed by atoms with Gasteiger partial charge < -0.3 is 9.32 Å². The summed E-state index contributed by atoms with van der Waals surface area (Å²) in [7, 11) is -3.77. The van der Waals surface area contributed by atoms with E-state index < -0.39 is 10.0 Å². The Bertz CT molecular complexity index is 1010. The molecule has 1 aromatic carbocycles. The average Bonchev–Trinajstić information content (AvgIpc) is 3.11. The van der Waals surface area contributed by atoms with E-state index >= 15 is 0 Å². The molecule has 7 nitrogen and oxygen atoms in total. The predicted octanol–water partition coefficient (Wildman–Crippen LogP) is 2.01. The molecular weight excluding hydrogens is 366 g/mol. The topological polar surface area (TPSA) is 94.6 Å². The van der Waals surface area contributed by atoms with E-state index in [1.54, 1.807) is 29.2 Å². The fraction of sp³-hybridized carbons (Fsp3) is 0.263. The number of amides is 1. The Labute approximate surface area is 158 Å². The lowest BCUT2D eigenvalue weighted by Crippen LogP contribution is -2.50. The van der Waals surface area contributed by atoms with Crippen LogP contribution in [0.4, 0.5) is 0 Å². The number of benzene rings is 1. The van der Waals surface area contributed by atoms with E-state index in [4.69, 9.17) is 9.68 Å². The van der Waals surface area contributed by atoms with Crippen LogP contribution in [-0.2, 0) is 14.8 Å². The van der Waals surface area contributed by atoms with Crippen LogP contribution in [0.15, 0.2) is 51.8 Å². The summed E-state index contributed by atoms with van der Waals surface area (Å²) in [5.74, 6) is 1.16. The quantitative estimate of drug-likeness (QED) is 0.751. The van der Waals surface area contributed by atoms with Gasteiger partial charge in [0.25, 0.3) is 0 Å². The first-order valence-electron chi connectivity index (χ1n) is 8.44. The molecule has 1 aromatic heterocycles. The van der Waals surface area contributed by atoms with Crippen LogP contribution in [0, 0.1) is 18.3 Å². The van der Waals surface area contributed by atoms with Gasteiger partial charge in [-0.1, -0.05) is 12.1 Å². The van der Waals surface area contributed by atoms with Crippen LogP contribution < -0.4 is 0 Å². The van der Waals surface area contributed by atoms with Crippen molar-refractivity contribution in [2.75, 3.05) is 26.2 Å². The minimum atomic E-state index is -3.77. The lowest BCUT2D eigenvalue weighted by atomic mass is 10.2. The highest BCUT2D eigenvalue weighted by Gasteiger charge is 2.31. The minimum absolute atomic E-state index is 0.000335. The summed E-state index contributed by atoms with van der Waals surface area (Å²) in [5.41, 5.74) is 0.118. The van der Waals surface area contributed by atoms with Crippen molar-refractivity contribution in [3.8, 4) is 6.07 Å². The highest BCUT2D eigenvalue weighted by molar-refractivity contribution is 7.89. The molecule has 1 amide bonds. The number of hydrogen-bond acceptors (Lipinski definition) is 5. The van der Waals surface area contributed by atoms with E-state index in [1.165, 1.54) is 22.5 Å². The molecule has 1 fully saturated rings. The van der Waals surface area contributed by atoms with Gasteiger partial charge >= 0.3 is 0 Å². The summed E-state index contributed by atoms with van der Waals surface area (Å²) in [5, 5.41) is 9.15. The molecule has 2 aromatic rings. The molecule has 0 aliphatic carbocycles. The Morgan fingerprint density at radius 1 is 1.15 bits per heavy atom. The summed E-state index contributed by atoms with van der Waals surface area (Å²) >= 11 is 0. The second kappa shape index (κ2) is 7.78. The number of rotatable bonds is 4. The minimum Gasteiger partial charge on any atom is -0.462 e. The number of furan rings is 1. The molecule has 3 rings (SSSR count). The average molecular weight is 385 g/mol. The predicted molar refractivity (Wildman–Crippen MR) is 99.0 cm³/mol. The SMILES string of the molecule is Cc1ccc(/C=C/C(=O)N2CCN(S(=O)(=O)c3ccccc3C#N)CC2)o1. The van der Waals surface area contributed by atoms with Gasteiger partial charge in [0.15, 0.2) is 0 Å². The van der Waals surface area contributed by atoms with E-state index in [0.29, 0.717) is 5.76 Å². The summed E-state index contributed by atoms with van der Waals surface area (Å²) in [6, 6.07) is 11.6. The molecule has 0 spiro atoms. The fourth-order valence-corrected chi connectivity index (χ4v) is 4.44. The number of piperazine rings is 1. The zero-order chi connectivity index (χ0) is 19.4. The van der Waals surface area contributed by atoms with Crippen LogP contribution in [0.2, 0.25) is 0 Å². The molecular formula is C19H19N3O4S. The normalized spacial score (nSPS) is 15.8. The van der Waals surface area contributed by atoms with Crippen molar-refractivity contribution >= 4 is 22.0 Å². The molecule has 0 radical (unpaired) electrons. The second-order valence-corrected chi connectivity index (χ2v) is 8.03. The number of carbonyl (C=O) groups is 1. The third-order valence-electron chi connectivity index (χ3n) is 4.33. The van der Waals surface area contributed by atoms with Gasteiger partial charge in [-0.3, -0.25) is 4.79 Å². The van der Waals surface area contributed by atoms with Crippen LogP contribution in [0.5, 0.6) is 0 Å². The Hall–Kier alpha value is -2.89. The molecule has 0 atom stereocenters. The summed E-state index contributed by atoms with van der Waals surface area (Å²) < 4.78 is 32.3. The maximum absolute atomic E-state index is 12.8. The lowest BCUT2D eigenvalue weighted by Gasteiger charge is -2.33. The molecule has 2 heterocycles. The zero-order valence-corrected chi connectivity index (χ0v) is 15.6. The second-order valence-electron chi connectivity index (χ2n) is 6.12. The maximum Gasteiger partial charge on any atom is 0.246 e. The molecule has 0 bridgehead atoms. The van der Waals surface area contributed by atoms with Gasteiger partial charge in [-0.25, -0.2) is 8.42 Å². The third-order valence-corrected chi connectivity index (χ3v) is 6.28. The molecule has 27 heavy (non-hydrogen) atoms. The summed E-state index contributed by atoms with van der Waals surface area (Å²) in [6.07, 6.45) is 3.02. The maximum atomic E-state index is 12.8. The van der Waals surface area contributed by atoms with Gasteiger partial charge in [-0.2, -0.15) is 9.57 Å². The van der Waals surface area contributed by atoms with Crippen LogP contribution in [0.1, 0.15) is 17.1 Å². The zero-order valence-electron chi connectivity index (χ0n) is 14.8. The number of sulfonamides is 1. The molecule has 0 N–H and O–H groups in total. The highest BCUT2D eigenvalue weighted by atomic mass is 32.2. The van der Waals surface area contributed by atoms with E-state index in [0.717, 1.165) is 5.76 Å². The number of carbonyl (C=O) groups excluding carboxylic acids is 1. The standard InChI is InChI=1S/C19H19N3O4S/c1-15-6-7-17(26-15)8-9-19(23)21-10-12-22(13-11-21)27(24,25)18-5-3-2-4-16(18)14-20/h2-9H,10-13H2,1H3/b9-8+. The van der Waals surface area contributed by atoms with Crippen LogP contribution in [-0.4, -0.2) is 49.7 Å². The van der Waals surface area contributed by atoms with Gasteiger partial charge in [0.05, 0.1) is 10.5 Å². The van der Waals surface area contributed by atoms with E-state index in [-0.39, 0.29) is 42.5 Å². The summed E-state index contributed by atoms with van der Waals surface area (Å²) in [4.78, 5) is 13.9. The van der Waals surface area contributed by atoms with E-state index in [9.17, 15) is 13.2 Å². The van der Waals surface area contributed by atoms with Crippen LogP contribution in [0.25, 0.3) is 6.08 Å². The van der Waals surface area contributed by atoms with Crippen molar-refractivity contribution in [2.24, 2.45) is 0 Å². The molecule has 140 valence electrons. The van der Waals surface area contributed by atoms with Crippen molar-refractivity contribution in [2.45, 2.75) is 11.8 Å². The molecule has 0 saturated carbocycles. The first kappa shape index (κ1) is 18.9. The van der Waals surface area contributed by atoms with Gasteiger partial charge in [0.1, 0.15) is 17.6 Å². The molecule has 8 heteroatoms. The Morgan fingerprint density at radius 2 is 1.85 bits per heavy atom. The fourth-order valence-electron chi connectivity index (χ4n) is 2.87. The molecule has 1 aliphatic rings. The van der Waals surface area contributed by atoms with Crippen LogP contribution >= 0.6 is 0 Å². The van der Waals surface area contributed by atoms with Crippen molar-refractivity contribution in [1.29, 1.82) is 5.26 Å². The van der Waals surface area contributed by atoms with Gasteiger partial charge in [-0.05, 0) is 37.3 Å². The largest absolute Gasteiger partial charge is 0.462 e. The van der Waals surface area contributed by atoms with Crippen LogP contribution in [0.3, 0.4) is 0 Å². The van der Waals surface area contributed by atoms with Gasteiger partial charge in [0, 0.05) is 32.3 Å². The van der Waals surface area contributed by atoms with Gasteiger partial charge in [0.2, 0.25) is 15.9 Å². The number of aryl methyl sites for hydroxylation is 1. The number of nitrogens with zero attached hydrogens (tertiary/aromatic N) is 3. The highest BCUT2D eigenvalue weighted by Crippen LogP contribution is 2.21.